The lowest BCUT2D eigenvalue weighted by Crippen LogP contribution is -1.94. The van der Waals surface area contributed by atoms with E-state index in [0.29, 0.717) is 0 Å². The number of para-hydroxylation sites is 1. The molecule has 4 nitrogen and oxygen atoms in total. The zero-order chi connectivity index (χ0) is 15.5. The Bertz CT molecular complexity index is 820. The smallest absolute Gasteiger partial charge is 0.102 e. The summed E-state index contributed by atoms with van der Waals surface area (Å²) in [5.74, 6) is 0. The van der Waals surface area contributed by atoms with Crippen molar-refractivity contribution < 1.29 is 5.21 Å². The maximum Gasteiger partial charge on any atom is 0.102 e. The molecule has 0 aliphatic carbocycles. The van der Waals surface area contributed by atoms with E-state index in [1.54, 1.807) is 4.68 Å². The van der Waals surface area contributed by atoms with E-state index >= 15 is 0 Å². The van der Waals surface area contributed by atoms with Crippen LogP contribution in [0.2, 0.25) is 0 Å². The lowest BCUT2D eigenvalue weighted by Gasteiger charge is -2.04. The predicted molar refractivity (Wildman–Crippen MR) is 87.9 cm³/mol. The number of aromatic nitrogens is 2. The Balaban J connectivity index is 2.14. The highest BCUT2D eigenvalue weighted by Crippen LogP contribution is 2.24. The molecule has 0 radical (unpaired) electrons. The zero-order valence-corrected chi connectivity index (χ0v) is 12.6. The third kappa shape index (κ3) is 2.63. The van der Waals surface area contributed by atoms with Crippen molar-refractivity contribution in [3.8, 4) is 16.9 Å². The zero-order valence-electron chi connectivity index (χ0n) is 12.6. The summed E-state index contributed by atoms with van der Waals surface area (Å²) in [5, 5.41) is 16.7. The summed E-state index contributed by atoms with van der Waals surface area (Å²) in [7, 11) is 0. The molecule has 0 atom stereocenters. The third-order valence-electron chi connectivity index (χ3n) is 3.74. The van der Waals surface area contributed by atoms with Crippen molar-refractivity contribution in [2.45, 2.75) is 13.8 Å². The van der Waals surface area contributed by atoms with Crippen LogP contribution in [0.3, 0.4) is 0 Å². The monoisotopic (exact) mass is 291 g/mol. The summed E-state index contributed by atoms with van der Waals surface area (Å²) in [4.78, 5) is 0. The van der Waals surface area contributed by atoms with E-state index in [-0.39, 0.29) is 0 Å². The molecule has 2 aromatic carbocycles. The number of rotatable bonds is 3. The van der Waals surface area contributed by atoms with Crippen LogP contribution in [0.1, 0.15) is 16.7 Å². The molecule has 4 heteroatoms. The van der Waals surface area contributed by atoms with Crippen LogP contribution in [-0.4, -0.2) is 21.2 Å². The molecule has 3 aromatic rings. The van der Waals surface area contributed by atoms with E-state index in [9.17, 15) is 0 Å². The maximum atomic E-state index is 8.90. The Hall–Kier alpha value is -2.88. The van der Waals surface area contributed by atoms with Crippen LogP contribution < -0.4 is 0 Å². The summed E-state index contributed by atoms with van der Waals surface area (Å²) in [6, 6.07) is 16.1. The van der Waals surface area contributed by atoms with E-state index in [1.165, 1.54) is 17.3 Å². The minimum absolute atomic E-state index is 0.773. The van der Waals surface area contributed by atoms with Gasteiger partial charge in [-0.2, -0.15) is 5.10 Å². The van der Waals surface area contributed by atoms with Gasteiger partial charge in [-0.25, -0.2) is 4.68 Å². The lowest BCUT2D eigenvalue weighted by atomic mass is 10.0. The highest BCUT2D eigenvalue weighted by atomic mass is 16.4. The molecule has 22 heavy (non-hydrogen) atoms. The van der Waals surface area contributed by atoms with Crippen molar-refractivity contribution in [1.29, 1.82) is 0 Å². The minimum atomic E-state index is 0.773. The van der Waals surface area contributed by atoms with Gasteiger partial charge in [0, 0.05) is 17.3 Å². The average Bonchev–Trinajstić information content (AvgIpc) is 2.95. The van der Waals surface area contributed by atoms with E-state index in [1.807, 2.05) is 42.6 Å². The Morgan fingerprint density at radius 2 is 1.82 bits per heavy atom. The maximum absolute atomic E-state index is 8.90. The number of nitrogens with zero attached hydrogens (tertiary/aromatic N) is 3. The SMILES string of the molecule is Cc1ccc(-c2nn(-c3ccccc3)cc2/C=N/O)cc1C. The van der Waals surface area contributed by atoms with E-state index in [2.05, 4.69) is 36.2 Å². The fourth-order valence-corrected chi connectivity index (χ4v) is 2.37. The topological polar surface area (TPSA) is 50.4 Å². The molecule has 0 bridgehead atoms. The molecule has 1 heterocycles. The highest BCUT2D eigenvalue weighted by Gasteiger charge is 2.11. The number of benzene rings is 2. The molecule has 3 rings (SSSR count). The fraction of sp³-hybridized carbons (Fsp3) is 0.111. The quantitative estimate of drug-likeness (QED) is 0.451. The van der Waals surface area contributed by atoms with Crippen LogP contribution in [0.15, 0.2) is 59.9 Å². The van der Waals surface area contributed by atoms with Crippen molar-refractivity contribution in [2.75, 3.05) is 0 Å². The van der Waals surface area contributed by atoms with Gasteiger partial charge in [-0.05, 0) is 43.2 Å². The molecule has 1 aromatic heterocycles. The van der Waals surface area contributed by atoms with Gasteiger partial charge in [-0.15, -0.1) is 0 Å². The molecule has 0 aliphatic rings. The average molecular weight is 291 g/mol. The summed E-state index contributed by atoms with van der Waals surface area (Å²) < 4.78 is 1.79. The predicted octanol–water partition coefficient (Wildman–Crippen LogP) is 3.96. The molecule has 0 saturated carbocycles. The van der Waals surface area contributed by atoms with Gasteiger partial charge in [0.25, 0.3) is 0 Å². The fourth-order valence-electron chi connectivity index (χ4n) is 2.37. The molecule has 110 valence electrons. The second-order valence-electron chi connectivity index (χ2n) is 5.26. The van der Waals surface area contributed by atoms with Gasteiger partial charge in [0.1, 0.15) is 5.69 Å². The Morgan fingerprint density at radius 1 is 1.05 bits per heavy atom. The van der Waals surface area contributed by atoms with Crippen LogP contribution in [0.25, 0.3) is 16.9 Å². The first-order chi connectivity index (χ1) is 10.7. The first-order valence-electron chi connectivity index (χ1n) is 7.09. The van der Waals surface area contributed by atoms with Crippen molar-refractivity contribution in [2.24, 2.45) is 5.16 Å². The Kier molecular flexibility index (Phi) is 3.74. The molecular weight excluding hydrogens is 274 g/mol. The minimum Gasteiger partial charge on any atom is -0.411 e. The first kappa shape index (κ1) is 14.1. The Morgan fingerprint density at radius 3 is 2.50 bits per heavy atom. The van der Waals surface area contributed by atoms with Crippen molar-refractivity contribution >= 4 is 6.21 Å². The molecule has 0 unspecified atom stereocenters. The second kappa shape index (κ2) is 5.85. The summed E-state index contributed by atoms with van der Waals surface area (Å²) >= 11 is 0. The second-order valence-corrected chi connectivity index (χ2v) is 5.26. The highest BCUT2D eigenvalue weighted by molar-refractivity contribution is 5.88. The summed E-state index contributed by atoms with van der Waals surface area (Å²) in [6.45, 7) is 4.16. The molecule has 0 fully saturated rings. The normalized spacial score (nSPS) is 11.2. The van der Waals surface area contributed by atoms with Crippen LogP contribution in [0.5, 0.6) is 0 Å². The van der Waals surface area contributed by atoms with E-state index < -0.39 is 0 Å². The van der Waals surface area contributed by atoms with Gasteiger partial charge in [0.2, 0.25) is 0 Å². The molecule has 0 amide bonds. The number of oxime groups is 1. The van der Waals surface area contributed by atoms with Gasteiger partial charge in [0.05, 0.1) is 11.9 Å². The standard InChI is InChI=1S/C18H17N3O/c1-13-8-9-15(10-14(13)2)18-16(11-19-22)12-21(20-18)17-6-4-3-5-7-17/h3-12,22H,1-2H3/b19-11+. The van der Waals surface area contributed by atoms with Gasteiger partial charge in [-0.3, -0.25) is 0 Å². The third-order valence-corrected chi connectivity index (χ3v) is 3.74. The molecule has 0 aliphatic heterocycles. The molecule has 0 spiro atoms. The van der Waals surface area contributed by atoms with Gasteiger partial charge in [0.15, 0.2) is 0 Å². The number of hydrogen-bond donors (Lipinski definition) is 1. The van der Waals surface area contributed by atoms with Crippen LogP contribution in [-0.2, 0) is 0 Å². The van der Waals surface area contributed by atoms with E-state index in [0.717, 1.165) is 22.5 Å². The van der Waals surface area contributed by atoms with Crippen LogP contribution in [0.4, 0.5) is 0 Å². The lowest BCUT2D eigenvalue weighted by molar-refractivity contribution is 0.322. The largest absolute Gasteiger partial charge is 0.411 e. The van der Waals surface area contributed by atoms with Crippen LogP contribution in [0, 0.1) is 13.8 Å². The number of hydrogen-bond acceptors (Lipinski definition) is 3. The molecule has 0 saturated heterocycles. The summed E-state index contributed by atoms with van der Waals surface area (Å²) in [6.07, 6.45) is 3.27. The first-order valence-corrected chi connectivity index (χ1v) is 7.09. The van der Waals surface area contributed by atoms with Crippen molar-refractivity contribution in [3.05, 3.63) is 71.4 Å². The van der Waals surface area contributed by atoms with Gasteiger partial charge >= 0.3 is 0 Å². The Labute approximate surface area is 129 Å². The van der Waals surface area contributed by atoms with Crippen LogP contribution >= 0.6 is 0 Å². The van der Waals surface area contributed by atoms with Crippen molar-refractivity contribution in [3.63, 3.8) is 0 Å². The molecule has 1 N–H and O–H groups in total. The van der Waals surface area contributed by atoms with Crippen molar-refractivity contribution in [1.82, 2.24) is 9.78 Å². The van der Waals surface area contributed by atoms with E-state index in [4.69, 9.17) is 5.21 Å². The van der Waals surface area contributed by atoms with Gasteiger partial charge < -0.3 is 5.21 Å². The van der Waals surface area contributed by atoms with Gasteiger partial charge in [-0.1, -0.05) is 35.5 Å². The summed E-state index contributed by atoms with van der Waals surface area (Å²) in [5.41, 5.74) is 5.99. The number of aryl methyl sites for hydroxylation is 2. The molecular formula is C18H17N3O.